The Labute approximate surface area is 182 Å². The van der Waals surface area contributed by atoms with Crippen LogP contribution in [0.5, 0.6) is 0 Å². The minimum atomic E-state index is -0.441. The van der Waals surface area contributed by atoms with Crippen molar-refractivity contribution in [2.24, 2.45) is 0 Å². The van der Waals surface area contributed by atoms with Gasteiger partial charge in [-0.1, -0.05) is 72.8 Å². The summed E-state index contributed by atoms with van der Waals surface area (Å²) in [6.45, 7) is 3.86. The van der Waals surface area contributed by atoms with Crippen molar-refractivity contribution in [3.8, 4) is 0 Å². The van der Waals surface area contributed by atoms with E-state index in [0.717, 1.165) is 17.7 Å². The van der Waals surface area contributed by atoms with Gasteiger partial charge in [-0.15, -0.1) is 0 Å². The van der Waals surface area contributed by atoms with Gasteiger partial charge in [0.1, 0.15) is 0 Å². The van der Waals surface area contributed by atoms with E-state index in [1.807, 2.05) is 30.3 Å². The highest BCUT2D eigenvalue weighted by atomic mass is 16.2. The van der Waals surface area contributed by atoms with Gasteiger partial charge in [0.15, 0.2) is 0 Å². The molecule has 0 saturated carbocycles. The molecule has 4 aromatic carbocycles. The summed E-state index contributed by atoms with van der Waals surface area (Å²) < 4.78 is 0. The number of hydrogen-bond acceptors (Lipinski definition) is 4. The van der Waals surface area contributed by atoms with Gasteiger partial charge in [-0.2, -0.15) is 0 Å². The first-order valence-corrected chi connectivity index (χ1v) is 10.5. The fourth-order valence-electron chi connectivity index (χ4n) is 3.91. The highest BCUT2D eigenvalue weighted by molar-refractivity contribution is 5.66. The lowest BCUT2D eigenvalue weighted by molar-refractivity contribution is 0.464. The number of benzene rings is 3. The van der Waals surface area contributed by atoms with E-state index < -0.39 is 10.9 Å². The Balaban J connectivity index is 1.56. The molecule has 4 heteroatoms. The standard InChI is InChI=1S/C27H26N2O2/c1-18-25(27(31)26(18)30)29-23-15-9-10-20(16-23)17-24(22-13-7-4-8-14-22)28-19(2)21-11-5-3-6-12-21/h3-16,19,24,28-29H,17H2,1-2H3. The zero-order valence-electron chi connectivity index (χ0n) is 17.8. The average Bonchev–Trinajstić information content (AvgIpc) is 2.82. The first kappa shape index (κ1) is 20.8. The normalized spacial score (nSPS) is 13.1. The van der Waals surface area contributed by atoms with Gasteiger partial charge in [0.2, 0.25) is 10.9 Å². The molecule has 2 atom stereocenters. The molecule has 0 fully saturated rings. The summed E-state index contributed by atoms with van der Waals surface area (Å²) in [4.78, 5) is 23.3. The summed E-state index contributed by atoms with van der Waals surface area (Å²) in [5, 5.41) is 6.89. The van der Waals surface area contributed by atoms with Crippen LogP contribution in [-0.4, -0.2) is 0 Å². The third-order valence-corrected chi connectivity index (χ3v) is 5.74. The van der Waals surface area contributed by atoms with Crippen LogP contribution in [0.2, 0.25) is 0 Å². The topological polar surface area (TPSA) is 58.2 Å². The number of rotatable bonds is 8. The minimum Gasteiger partial charge on any atom is -0.352 e. The fraction of sp³-hybridized carbons (Fsp3) is 0.185. The molecule has 0 saturated heterocycles. The molecule has 2 N–H and O–H groups in total. The zero-order chi connectivity index (χ0) is 21.8. The molecule has 4 nitrogen and oxygen atoms in total. The minimum absolute atomic E-state index is 0.125. The van der Waals surface area contributed by atoms with Crippen molar-refractivity contribution in [3.05, 3.63) is 128 Å². The van der Waals surface area contributed by atoms with Crippen molar-refractivity contribution in [2.75, 3.05) is 5.32 Å². The van der Waals surface area contributed by atoms with Crippen molar-refractivity contribution in [2.45, 2.75) is 32.4 Å². The molecule has 0 aromatic heterocycles. The molecule has 156 valence electrons. The molecule has 0 bridgehead atoms. The molecule has 0 aliphatic heterocycles. The molecule has 0 aliphatic carbocycles. The highest BCUT2D eigenvalue weighted by Crippen LogP contribution is 2.25. The third kappa shape index (κ3) is 4.65. The van der Waals surface area contributed by atoms with Crippen LogP contribution in [0.25, 0.3) is 0 Å². The number of nitrogens with one attached hydrogen (secondary N) is 2. The van der Waals surface area contributed by atoms with Crippen molar-refractivity contribution < 1.29 is 0 Å². The third-order valence-electron chi connectivity index (χ3n) is 5.74. The van der Waals surface area contributed by atoms with E-state index in [9.17, 15) is 9.59 Å². The largest absolute Gasteiger partial charge is 0.352 e. The summed E-state index contributed by atoms with van der Waals surface area (Å²) in [6.07, 6.45) is 0.793. The molecule has 0 spiro atoms. The second kappa shape index (κ2) is 9.11. The van der Waals surface area contributed by atoms with Crippen LogP contribution in [0.15, 0.2) is 94.5 Å². The molecule has 0 amide bonds. The Bertz CT molecular complexity index is 1230. The lowest BCUT2D eigenvalue weighted by Crippen LogP contribution is -2.36. The Hall–Kier alpha value is -3.50. The van der Waals surface area contributed by atoms with Gasteiger partial charge < -0.3 is 10.6 Å². The molecule has 0 radical (unpaired) electrons. The maximum absolute atomic E-state index is 11.8. The smallest absolute Gasteiger partial charge is 0.249 e. The molecule has 4 aromatic rings. The van der Waals surface area contributed by atoms with Crippen LogP contribution in [0, 0.1) is 6.92 Å². The summed E-state index contributed by atoms with van der Waals surface area (Å²) in [6, 6.07) is 29.2. The molecule has 4 rings (SSSR count). The van der Waals surface area contributed by atoms with Crippen LogP contribution >= 0.6 is 0 Å². The monoisotopic (exact) mass is 410 g/mol. The lowest BCUT2D eigenvalue weighted by Gasteiger charge is -2.25. The van der Waals surface area contributed by atoms with Crippen molar-refractivity contribution in [3.63, 3.8) is 0 Å². The van der Waals surface area contributed by atoms with Crippen LogP contribution in [-0.2, 0) is 6.42 Å². The molecule has 31 heavy (non-hydrogen) atoms. The Kier molecular flexibility index (Phi) is 6.10. The fourth-order valence-corrected chi connectivity index (χ4v) is 3.91. The summed E-state index contributed by atoms with van der Waals surface area (Å²) >= 11 is 0. The molecule has 0 heterocycles. The van der Waals surface area contributed by atoms with E-state index in [4.69, 9.17) is 0 Å². The second-order valence-electron chi connectivity index (χ2n) is 7.95. The van der Waals surface area contributed by atoms with Crippen molar-refractivity contribution in [1.29, 1.82) is 0 Å². The van der Waals surface area contributed by atoms with Crippen LogP contribution < -0.4 is 21.5 Å². The number of anilines is 2. The SMILES string of the molecule is Cc1c(Nc2cccc(CC(NC(C)c3ccccc3)c3ccccc3)c2)c(=O)c1=O. The Morgan fingerprint density at radius 1 is 0.774 bits per heavy atom. The first-order valence-electron chi connectivity index (χ1n) is 10.5. The predicted molar refractivity (Wildman–Crippen MR) is 127 cm³/mol. The van der Waals surface area contributed by atoms with Gasteiger partial charge >= 0.3 is 0 Å². The maximum atomic E-state index is 11.8. The van der Waals surface area contributed by atoms with Crippen molar-refractivity contribution >= 4 is 11.4 Å². The quantitative estimate of drug-likeness (QED) is 0.403. The Morgan fingerprint density at radius 2 is 1.42 bits per heavy atom. The zero-order valence-corrected chi connectivity index (χ0v) is 17.8. The molecule has 0 aliphatic rings. The Morgan fingerprint density at radius 3 is 2.06 bits per heavy atom. The summed E-state index contributed by atoms with van der Waals surface area (Å²) in [5.74, 6) is 0. The van der Waals surface area contributed by atoms with Gasteiger partial charge in [0, 0.05) is 23.3 Å². The number of hydrogen-bond donors (Lipinski definition) is 2. The van der Waals surface area contributed by atoms with E-state index in [0.29, 0.717) is 11.3 Å². The highest BCUT2D eigenvalue weighted by Gasteiger charge is 2.18. The van der Waals surface area contributed by atoms with Crippen LogP contribution in [0.4, 0.5) is 11.4 Å². The molecule has 2 unspecified atom stereocenters. The predicted octanol–water partition coefficient (Wildman–Crippen LogP) is 4.97. The van der Waals surface area contributed by atoms with Crippen LogP contribution in [0.3, 0.4) is 0 Å². The average molecular weight is 411 g/mol. The molecular formula is C27H26N2O2. The van der Waals surface area contributed by atoms with Crippen LogP contribution in [0.1, 0.15) is 41.3 Å². The lowest BCUT2D eigenvalue weighted by atomic mass is 9.96. The van der Waals surface area contributed by atoms with Crippen molar-refractivity contribution in [1.82, 2.24) is 5.32 Å². The maximum Gasteiger partial charge on any atom is 0.249 e. The van der Waals surface area contributed by atoms with Gasteiger partial charge in [-0.05, 0) is 49.1 Å². The van der Waals surface area contributed by atoms with E-state index in [1.54, 1.807) is 6.92 Å². The summed E-state index contributed by atoms with van der Waals surface area (Å²) in [7, 11) is 0. The van der Waals surface area contributed by atoms with Gasteiger partial charge in [-0.3, -0.25) is 9.59 Å². The van der Waals surface area contributed by atoms with E-state index >= 15 is 0 Å². The molecular weight excluding hydrogens is 384 g/mol. The van der Waals surface area contributed by atoms with E-state index in [2.05, 4.69) is 72.2 Å². The van der Waals surface area contributed by atoms with E-state index in [1.165, 1.54) is 11.1 Å². The summed E-state index contributed by atoms with van der Waals surface area (Å²) in [5.41, 5.74) is 4.48. The van der Waals surface area contributed by atoms with E-state index in [-0.39, 0.29) is 12.1 Å². The first-order chi connectivity index (χ1) is 15.0. The van der Waals surface area contributed by atoms with Gasteiger partial charge in [-0.25, -0.2) is 0 Å². The second-order valence-corrected chi connectivity index (χ2v) is 7.95. The van der Waals surface area contributed by atoms with Gasteiger partial charge in [0.25, 0.3) is 0 Å². The van der Waals surface area contributed by atoms with Gasteiger partial charge in [0.05, 0.1) is 5.69 Å².